The molecular formula is C4H12BrNOS. The summed E-state index contributed by atoms with van der Waals surface area (Å²) in [4.78, 5) is 0. The van der Waals surface area contributed by atoms with Crippen molar-refractivity contribution in [3.8, 4) is 0 Å². The van der Waals surface area contributed by atoms with E-state index in [9.17, 15) is 4.21 Å². The molecule has 52 valence electrons. The van der Waals surface area contributed by atoms with Crippen LogP contribution >= 0.6 is 17.0 Å². The summed E-state index contributed by atoms with van der Waals surface area (Å²) in [6, 6.07) is 0. The van der Waals surface area contributed by atoms with Gasteiger partial charge in [-0.3, -0.25) is 4.21 Å². The molecule has 0 aliphatic heterocycles. The Balaban J connectivity index is 0. The predicted octanol–water partition coefficient (Wildman–Crippen LogP) is 0.292. The van der Waals surface area contributed by atoms with E-state index in [1.165, 1.54) is 0 Å². The normalized spacial score (nSPS) is 12.2. The van der Waals surface area contributed by atoms with Gasteiger partial charge < -0.3 is 5.73 Å². The lowest BCUT2D eigenvalue weighted by Gasteiger charge is -1.88. The zero-order valence-corrected chi connectivity index (χ0v) is 7.45. The van der Waals surface area contributed by atoms with Gasteiger partial charge in [-0.2, -0.15) is 0 Å². The minimum Gasteiger partial charge on any atom is -0.330 e. The van der Waals surface area contributed by atoms with Crippen LogP contribution in [0.5, 0.6) is 0 Å². The molecule has 0 heterocycles. The summed E-state index contributed by atoms with van der Waals surface area (Å²) in [6.45, 7) is 0.652. The molecule has 0 saturated heterocycles. The smallest absolute Gasteiger partial charge is 0.0244 e. The van der Waals surface area contributed by atoms with Crippen molar-refractivity contribution < 1.29 is 4.21 Å². The second-order valence-corrected chi connectivity index (χ2v) is 2.97. The van der Waals surface area contributed by atoms with Crippen LogP contribution in [0.4, 0.5) is 0 Å². The van der Waals surface area contributed by atoms with E-state index >= 15 is 0 Å². The van der Waals surface area contributed by atoms with Gasteiger partial charge in [0.2, 0.25) is 0 Å². The molecule has 0 aromatic carbocycles. The number of hydrogen-bond acceptors (Lipinski definition) is 2. The maximum absolute atomic E-state index is 10.3. The lowest BCUT2D eigenvalue weighted by molar-refractivity contribution is 0.684. The zero-order valence-electron chi connectivity index (χ0n) is 4.92. The summed E-state index contributed by atoms with van der Waals surface area (Å²) < 4.78 is 10.3. The summed E-state index contributed by atoms with van der Waals surface area (Å²) in [6.07, 6.45) is 2.57. The highest BCUT2D eigenvalue weighted by Crippen LogP contribution is 1.77. The van der Waals surface area contributed by atoms with Gasteiger partial charge in [0.1, 0.15) is 0 Å². The van der Waals surface area contributed by atoms with E-state index in [2.05, 4.69) is 0 Å². The third-order valence-corrected chi connectivity index (χ3v) is 1.50. The van der Waals surface area contributed by atoms with Crippen molar-refractivity contribution in [3.63, 3.8) is 0 Å². The van der Waals surface area contributed by atoms with Gasteiger partial charge in [-0.25, -0.2) is 0 Å². The van der Waals surface area contributed by atoms with Crippen molar-refractivity contribution >= 4 is 27.8 Å². The van der Waals surface area contributed by atoms with Crippen LogP contribution in [0.25, 0.3) is 0 Å². The van der Waals surface area contributed by atoms with E-state index < -0.39 is 10.8 Å². The van der Waals surface area contributed by atoms with Gasteiger partial charge >= 0.3 is 0 Å². The Bertz CT molecular complexity index is 69.1. The molecule has 1 atom stereocenters. The Kier molecular flexibility index (Phi) is 10.8. The monoisotopic (exact) mass is 201 g/mol. The average molecular weight is 202 g/mol. The Labute approximate surface area is 63.1 Å². The lowest BCUT2D eigenvalue weighted by atomic mass is 10.5. The highest BCUT2D eigenvalue weighted by Gasteiger charge is 1.85. The first-order chi connectivity index (χ1) is 3.27. The number of rotatable bonds is 3. The summed E-state index contributed by atoms with van der Waals surface area (Å²) in [5.74, 6) is 0.747. The second kappa shape index (κ2) is 7.59. The highest BCUT2D eigenvalue weighted by atomic mass is 79.9. The Hall–Kier alpha value is 0.590. The fourth-order valence-electron chi connectivity index (χ4n) is 0.287. The molecule has 0 aromatic heterocycles. The van der Waals surface area contributed by atoms with E-state index in [0.29, 0.717) is 6.54 Å². The van der Waals surface area contributed by atoms with Gasteiger partial charge in [0.15, 0.2) is 0 Å². The molecule has 0 bridgehead atoms. The van der Waals surface area contributed by atoms with Gasteiger partial charge in [0, 0.05) is 22.8 Å². The molecule has 2 N–H and O–H groups in total. The van der Waals surface area contributed by atoms with E-state index in [1.807, 2.05) is 0 Å². The van der Waals surface area contributed by atoms with Crippen LogP contribution < -0.4 is 5.73 Å². The first-order valence-corrected chi connectivity index (χ1v) is 4.00. The maximum Gasteiger partial charge on any atom is 0.0244 e. The van der Waals surface area contributed by atoms with E-state index in [4.69, 9.17) is 5.73 Å². The first-order valence-electron chi connectivity index (χ1n) is 2.27. The molecule has 0 spiro atoms. The fourth-order valence-corrected chi connectivity index (χ4v) is 0.860. The molecule has 0 rings (SSSR count). The summed E-state index contributed by atoms with van der Waals surface area (Å²) in [5, 5.41) is 0. The lowest BCUT2D eigenvalue weighted by Crippen LogP contribution is -2.04. The van der Waals surface area contributed by atoms with Crippen molar-refractivity contribution in [2.24, 2.45) is 5.73 Å². The number of nitrogens with two attached hydrogens (primary N) is 1. The average Bonchev–Trinajstić information content (AvgIpc) is 1.61. The molecule has 0 saturated carbocycles. The van der Waals surface area contributed by atoms with Crippen molar-refractivity contribution in [2.75, 3.05) is 18.6 Å². The predicted molar refractivity (Wildman–Crippen MR) is 42.9 cm³/mol. The second-order valence-electron chi connectivity index (χ2n) is 1.42. The van der Waals surface area contributed by atoms with Crippen LogP contribution in [0.3, 0.4) is 0 Å². The summed E-state index contributed by atoms with van der Waals surface area (Å²) in [5.41, 5.74) is 5.14. The molecule has 4 heteroatoms. The molecule has 0 fully saturated rings. The molecule has 0 aliphatic carbocycles. The van der Waals surface area contributed by atoms with Crippen molar-refractivity contribution in [1.29, 1.82) is 0 Å². The summed E-state index contributed by atoms with van der Waals surface area (Å²) >= 11 is 0. The van der Waals surface area contributed by atoms with E-state index in [0.717, 1.165) is 12.2 Å². The molecular weight excluding hydrogens is 190 g/mol. The third-order valence-electron chi connectivity index (χ3n) is 0.636. The molecule has 8 heavy (non-hydrogen) atoms. The van der Waals surface area contributed by atoms with Gasteiger partial charge in [-0.1, -0.05) is 0 Å². The molecule has 0 amide bonds. The topological polar surface area (TPSA) is 43.1 Å². The number of hydrogen-bond donors (Lipinski definition) is 1. The highest BCUT2D eigenvalue weighted by molar-refractivity contribution is 8.93. The third kappa shape index (κ3) is 9.77. The largest absolute Gasteiger partial charge is 0.330 e. The van der Waals surface area contributed by atoms with Crippen molar-refractivity contribution in [2.45, 2.75) is 6.42 Å². The molecule has 2 nitrogen and oxygen atoms in total. The fraction of sp³-hybridized carbons (Fsp3) is 1.00. The molecule has 0 radical (unpaired) electrons. The van der Waals surface area contributed by atoms with Crippen molar-refractivity contribution in [3.05, 3.63) is 0 Å². The van der Waals surface area contributed by atoms with Crippen LogP contribution in [0.1, 0.15) is 6.42 Å². The van der Waals surface area contributed by atoms with Gasteiger partial charge in [-0.15, -0.1) is 17.0 Å². The van der Waals surface area contributed by atoms with E-state index in [-0.39, 0.29) is 17.0 Å². The van der Waals surface area contributed by atoms with Crippen LogP contribution in [-0.4, -0.2) is 22.8 Å². The van der Waals surface area contributed by atoms with Crippen LogP contribution in [0.15, 0.2) is 0 Å². The molecule has 1 unspecified atom stereocenters. The minimum absolute atomic E-state index is 0. The molecule has 0 aromatic rings. The number of halogens is 1. The SMILES string of the molecule is Br.CS(=O)CCCN. The maximum atomic E-state index is 10.3. The Morgan fingerprint density at radius 1 is 1.62 bits per heavy atom. The zero-order chi connectivity index (χ0) is 5.70. The van der Waals surface area contributed by atoms with Crippen LogP contribution in [0, 0.1) is 0 Å². The quantitative estimate of drug-likeness (QED) is 0.714. The summed E-state index contributed by atoms with van der Waals surface area (Å²) in [7, 11) is -0.645. The van der Waals surface area contributed by atoms with Crippen molar-refractivity contribution in [1.82, 2.24) is 0 Å². The van der Waals surface area contributed by atoms with Crippen LogP contribution in [-0.2, 0) is 10.8 Å². The standard InChI is InChI=1S/C4H11NOS.BrH/c1-7(6)4-2-3-5;/h2-5H2,1H3;1H. The Morgan fingerprint density at radius 2 is 2.12 bits per heavy atom. The molecule has 0 aliphatic rings. The Morgan fingerprint density at radius 3 is 2.25 bits per heavy atom. The van der Waals surface area contributed by atoms with Crippen LogP contribution in [0.2, 0.25) is 0 Å². The first kappa shape index (κ1) is 11.4. The van der Waals surface area contributed by atoms with Gasteiger partial charge in [-0.05, 0) is 13.0 Å². The van der Waals surface area contributed by atoms with E-state index in [1.54, 1.807) is 6.26 Å². The minimum atomic E-state index is -0.645. The van der Waals surface area contributed by atoms with Gasteiger partial charge in [0.05, 0.1) is 0 Å². The van der Waals surface area contributed by atoms with Gasteiger partial charge in [0.25, 0.3) is 0 Å².